The largest absolute Gasteiger partial charge is 0.502 e. The normalized spacial score (nSPS) is 10.8. The van der Waals surface area contributed by atoms with Gasteiger partial charge in [-0.3, -0.25) is 15.1 Å². The first kappa shape index (κ1) is 12.8. The Kier molecular flexibility index (Phi) is 3.56. The van der Waals surface area contributed by atoms with E-state index in [0.29, 0.717) is 5.56 Å². The van der Waals surface area contributed by atoms with Gasteiger partial charge in [-0.15, -0.1) is 0 Å². The van der Waals surface area contributed by atoms with Crippen molar-refractivity contribution in [2.45, 2.75) is 6.92 Å². The maximum Gasteiger partial charge on any atom is 0.311 e. The summed E-state index contributed by atoms with van der Waals surface area (Å²) in [7, 11) is 0. The molecule has 0 spiro atoms. The Balaban J connectivity index is 2.31. The fourth-order valence-corrected chi connectivity index (χ4v) is 1.58. The molecule has 19 heavy (non-hydrogen) atoms. The van der Waals surface area contributed by atoms with Crippen LogP contribution in [0.5, 0.6) is 5.75 Å². The minimum absolute atomic E-state index is 0.315. The van der Waals surface area contributed by atoms with Gasteiger partial charge in [0, 0.05) is 17.8 Å². The van der Waals surface area contributed by atoms with E-state index < -0.39 is 4.92 Å². The molecule has 5 heteroatoms. The topological polar surface area (TPSA) is 75.7 Å². The van der Waals surface area contributed by atoms with Crippen LogP contribution >= 0.6 is 0 Å². The van der Waals surface area contributed by atoms with E-state index in [1.54, 1.807) is 6.07 Å². The van der Waals surface area contributed by atoms with E-state index >= 15 is 0 Å². The van der Waals surface area contributed by atoms with Crippen LogP contribution in [0.25, 0.3) is 0 Å². The van der Waals surface area contributed by atoms with Gasteiger partial charge in [-0.25, -0.2) is 0 Å². The van der Waals surface area contributed by atoms with Gasteiger partial charge in [0.25, 0.3) is 0 Å². The lowest BCUT2D eigenvalue weighted by molar-refractivity contribution is -0.385. The molecular formula is C14H12N2O3. The number of rotatable bonds is 3. The summed E-state index contributed by atoms with van der Waals surface area (Å²) in [6, 6.07) is 11.8. The highest BCUT2D eigenvalue weighted by atomic mass is 16.6. The van der Waals surface area contributed by atoms with Gasteiger partial charge in [0.2, 0.25) is 5.75 Å². The number of phenols is 1. The molecule has 0 bridgehead atoms. The number of nitro benzene ring substituents is 1. The quantitative estimate of drug-likeness (QED) is 0.519. The van der Waals surface area contributed by atoms with Crippen LogP contribution in [0, 0.1) is 17.0 Å². The summed E-state index contributed by atoms with van der Waals surface area (Å²) in [5.74, 6) is -0.372. The highest BCUT2D eigenvalue weighted by Crippen LogP contribution is 2.28. The summed E-state index contributed by atoms with van der Waals surface area (Å²) in [4.78, 5) is 14.2. The molecule has 0 aliphatic carbocycles. The number of nitrogens with zero attached hydrogens (tertiary/aromatic N) is 2. The van der Waals surface area contributed by atoms with Crippen LogP contribution in [0.2, 0.25) is 0 Å². The van der Waals surface area contributed by atoms with Gasteiger partial charge >= 0.3 is 5.69 Å². The SMILES string of the molecule is Cc1ccc(N=Cc2cccc([N+](=O)[O-])c2O)cc1. The van der Waals surface area contributed by atoms with Gasteiger partial charge in [-0.2, -0.15) is 0 Å². The molecule has 0 unspecified atom stereocenters. The van der Waals surface area contributed by atoms with Crippen LogP contribution in [0.3, 0.4) is 0 Å². The van der Waals surface area contributed by atoms with Crippen LogP contribution in [-0.2, 0) is 0 Å². The predicted molar refractivity (Wildman–Crippen MR) is 73.2 cm³/mol. The van der Waals surface area contributed by atoms with Gasteiger partial charge in [-0.05, 0) is 25.1 Å². The number of phenolic OH excluding ortho intramolecular Hbond substituents is 1. The Morgan fingerprint density at radius 1 is 1.21 bits per heavy atom. The zero-order valence-corrected chi connectivity index (χ0v) is 10.3. The fraction of sp³-hybridized carbons (Fsp3) is 0.0714. The van der Waals surface area contributed by atoms with Crippen molar-refractivity contribution in [1.29, 1.82) is 0 Å². The standard InChI is InChI=1S/C14H12N2O3/c1-10-5-7-12(8-6-10)15-9-11-3-2-4-13(14(11)17)16(18)19/h2-9,17H,1H3. The van der Waals surface area contributed by atoms with Crippen molar-refractivity contribution in [3.63, 3.8) is 0 Å². The second-order valence-corrected chi connectivity index (χ2v) is 4.07. The van der Waals surface area contributed by atoms with E-state index in [0.717, 1.165) is 11.3 Å². The number of aromatic hydroxyl groups is 1. The number of hydrogen-bond donors (Lipinski definition) is 1. The lowest BCUT2D eigenvalue weighted by atomic mass is 10.2. The van der Waals surface area contributed by atoms with E-state index in [9.17, 15) is 15.2 Å². The molecule has 0 aliphatic heterocycles. The summed E-state index contributed by atoms with van der Waals surface area (Å²) in [6.45, 7) is 1.97. The van der Waals surface area contributed by atoms with Crippen molar-refractivity contribution in [3.8, 4) is 5.75 Å². The number of nitro groups is 1. The number of aliphatic imine (C=N–C) groups is 1. The third-order valence-corrected chi connectivity index (χ3v) is 2.63. The minimum Gasteiger partial charge on any atom is -0.502 e. The maximum absolute atomic E-state index is 10.7. The molecule has 96 valence electrons. The first-order valence-corrected chi connectivity index (χ1v) is 5.65. The van der Waals surface area contributed by atoms with Crippen LogP contribution in [-0.4, -0.2) is 16.2 Å². The van der Waals surface area contributed by atoms with Crippen molar-refractivity contribution in [2.75, 3.05) is 0 Å². The number of aryl methyl sites for hydroxylation is 1. The van der Waals surface area contributed by atoms with Gasteiger partial charge in [0.05, 0.1) is 10.6 Å². The van der Waals surface area contributed by atoms with Gasteiger partial charge < -0.3 is 5.11 Å². The molecule has 2 aromatic rings. The van der Waals surface area contributed by atoms with Crippen molar-refractivity contribution in [3.05, 3.63) is 63.7 Å². The molecule has 5 nitrogen and oxygen atoms in total. The zero-order chi connectivity index (χ0) is 13.8. The van der Waals surface area contributed by atoms with Gasteiger partial charge in [0.1, 0.15) is 0 Å². The third-order valence-electron chi connectivity index (χ3n) is 2.63. The molecule has 0 fully saturated rings. The molecule has 0 aliphatic rings. The summed E-state index contributed by atoms with van der Waals surface area (Å²) >= 11 is 0. The summed E-state index contributed by atoms with van der Waals surface area (Å²) < 4.78 is 0. The molecule has 0 aromatic heterocycles. The summed E-state index contributed by atoms with van der Waals surface area (Å²) in [5.41, 5.74) is 1.83. The molecule has 0 atom stereocenters. The Morgan fingerprint density at radius 3 is 2.53 bits per heavy atom. The Bertz CT molecular complexity index is 634. The molecule has 0 heterocycles. The number of benzene rings is 2. The Hall–Kier alpha value is -2.69. The average molecular weight is 256 g/mol. The molecule has 0 amide bonds. The first-order valence-electron chi connectivity index (χ1n) is 5.65. The molecule has 2 aromatic carbocycles. The van der Waals surface area contributed by atoms with Crippen molar-refractivity contribution in [2.24, 2.45) is 4.99 Å². The second kappa shape index (κ2) is 5.30. The fourth-order valence-electron chi connectivity index (χ4n) is 1.58. The molecular weight excluding hydrogens is 244 g/mol. The smallest absolute Gasteiger partial charge is 0.311 e. The van der Waals surface area contributed by atoms with E-state index in [1.807, 2.05) is 31.2 Å². The van der Waals surface area contributed by atoms with E-state index in [-0.39, 0.29) is 11.4 Å². The maximum atomic E-state index is 10.7. The van der Waals surface area contributed by atoms with Crippen molar-refractivity contribution < 1.29 is 10.0 Å². The number of hydrogen-bond acceptors (Lipinski definition) is 4. The van der Waals surface area contributed by atoms with Crippen LogP contribution < -0.4 is 0 Å². The monoisotopic (exact) mass is 256 g/mol. The molecule has 1 N–H and O–H groups in total. The Morgan fingerprint density at radius 2 is 1.89 bits per heavy atom. The molecule has 0 saturated heterocycles. The highest BCUT2D eigenvalue weighted by Gasteiger charge is 2.14. The average Bonchev–Trinajstić information content (AvgIpc) is 2.39. The predicted octanol–water partition coefficient (Wildman–Crippen LogP) is 3.36. The van der Waals surface area contributed by atoms with E-state index in [1.165, 1.54) is 18.3 Å². The lowest BCUT2D eigenvalue weighted by Gasteiger charge is -1.99. The lowest BCUT2D eigenvalue weighted by Crippen LogP contribution is -1.91. The first-order chi connectivity index (χ1) is 9.08. The molecule has 0 radical (unpaired) electrons. The third kappa shape index (κ3) is 2.95. The van der Waals surface area contributed by atoms with Crippen LogP contribution in [0.4, 0.5) is 11.4 Å². The second-order valence-electron chi connectivity index (χ2n) is 4.07. The van der Waals surface area contributed by atoms with Gasteiger partial charge in [0.15, 0.2) is 0 Å². The van der Waals surface area contributed by atoms with E-state index in [4.69, 9.17) is 0 Å². The minimum atomic E-state index is -0.626. The summed E-state index contributed by atoms with van der Waals surface area (Å²) in [5, 5.41) is 20.4. The molecule has 2 rings (SSSR count). The van der Waals surface area contributed by atoms with E-state index in [2.05, 4.69) is 4.99 Å². The highest BCUT2D eigenvalue weighted by molar-refractivity contribution is 5.87. The van der Waals surface area contributed by atoms with Gasteiger partial charge in [-0.1, -0.05) is 23.8 Å². The van der Waals surface area contributed by atoms with Crippen LogP contribution in [0.15, 0.2) is 47.5 Å². The Labute approximate surface area is 110 Å². The molecule has 0 saturated carbocycles. The number of para-hydroxylation sites is 1. The van der Waals surface area contributed by atoms with Crippen molar-refractivity contribution in [1.82, 2.24) is 0 Å². The van der Waals surface area contributed by atoms with Crippen molar-refractivity contribution >= 4 is 17.6 Å². The summed E-state index contributed by atoms with van der Waals surface area (Å²) in [6.07, 6.45) is 1.41. The zero-order valence-electron chi connectivity index (χ0n) is 10.3. The van der Waals surface area contributed by atoms with Crippen LogP contribution in [0.1, 0.15) is 11.1 Å².